The van der Waals surface area contributed by atoms with E-state index in [-0.39, 0.29) is 18.2 Å². The highest BCUT2D eigenvalue weighted by Crippen LogP contribution is 2.26. The number of aromatic nitrogens is 1. The Morgan fingerprint density at radius 2 is 1.90 bits per heavy atom. The zero-order valence-corrected chi connectivity index (χ0v) is 16.6. The van der Waals surface area contributed by atoms with Gasteiger partial charge in [0.25, 0.3) is 5.91 Å². The molecule has 7 heteroatoms. The average molecular weight is 391 g/mol. The van der Waals surface area contributed by atoms with Crippen LogP contribution in [-0.4, -0.2) is 35.6 Å². The van der Waals surface area contributed by atoms with E-state index in [1.807, 2.05) is 43.3 Å². The fraction of sp³-hybridized carbons (Fsp3) is 0.364. The first-order chi connectivity index (χ1) is 14.1. The average Bonchev–Trinajstić information content (AvgIpc) is 2.75. The maximum atomic E-state index is 12.9. The van der Waals surface area contributed by atoms with Crippen LogP contribution in [0.3, 0.4) is 0 Å². The molecule has 29 heavy (non-hydrogen) atoms. The van der Waals surface area contributed by atoms with Gasteiger partial charge in [0.1, 0.15) is 5.71 Å². The normalized spacial score (nSPS) is 17.1. The molecule has 1 saturated heterocycles. The topological polar surface area (TPSA) is 77.9 Å². The molecule has 0 bridgehead atoms. The Morgan fingerprint density at radius 3 is 2.69 bits per heavy atom. The zero-order valence-electron chi connectivity index (χ0n) is 16.6. The number of anilines is 3. The third-order valence-corrected chi connectivity index (χ3v) is 5.23. The Bertz CT molecular complexity index is 950. The van der Waals surface area contributed by atoms with Crippen LogP contribution in [0.15, 0.2) is 47.7 Å². The minimum Gasteiger partial charge on any atom is -0.355 e. The summed E-state index contributed by atoms with van der Waals surface area (Å²) in [5.74, 6) is 0.396. The first-order valence-corrected chi connectivity index (χ1v) is 10.1. The van der Waals surface area contributed by atoms with Crippen molar-refractivity contribution < 1.29 is 9.59 Å². The SMILES string of the molecule is Cc1cccc(N2N=C(C(=O)Nc3cccnc3N3CCCCC3)CCC2=O)c1. The predicted octanol–water partition coefficient (Wildman–Crippen LogP) is 3.50. The van der Waals surface area contributed by atoms with Crippen molar-refractivity contribution in [3.05, 3.63) is 48.2 Å². The smallest absolute Gasteiger partial charge is 0.271 e. The fourth-order valence-electron chi connectivity index (χ4n) is 3.72. The monoisotopic (exact) mass is 391 g/mol. The predicted molar refractivity (Wildman–Crippen MR) is 114 cm³/mol. The summed E-state index contributed by atoms with van der Waals surface area (Å²) >= 11 is 0. The van der Waals surface area contributed by atoms with Crippen molar-refractivity contribution in [3.8, 4) is 0 Å². The molecular weight excluding hydrogens is 366 g/mol. The molecule has 2 amide bonds. The minimum atomic E-state index is -0.290. The van der Waals surface area contributed by atoms with Gasteiger partial charge in [0, 0.05) is 32.1 Å². The van der Waals surface area contributed by atoms with E-state index >= 15 is 0 Å². The molecule has 0 aliphatic carbocycles. The molecule has 2 aromatic rings. The van der Waals surface area contributed by atoms with Gasteiger partial charge >= 0.3 is 0 Å². The Labute approximate surface area is 170 Å². The molecule has 2 aliphatic heterocycles. The van der Waals surface area contributed by atoms with Crippen LogP contribution < -0.4 is 15.2 Å². The van der Waals surface area contributed by atoms with Gasteiger partial charge in [0.15, 0.2) is 5.82 Å². The lowest BCUT2D eigenvalue weighted by atomic mass is 10.1. The van der Waals surface area contributed by atoms with E-state index < -0.39 is 0 Å². The summed E-state index contributed by atoms with van der Waals surface area (Å²) in [6, 6.07) is 11.2. The maximum absolute atomic E-state index is 12.9. The standard InChI is InChI=1S/C22H25N5O2/c1-16-7-5-8-17(15-16)27-20(28)11-10-19(25-27)22(29)24-18-9-6-12-23-21(18)26-13-3-2-4-14-26/h5-9,12,15H,2-4,10-11,13-14H2,1H3,(H,24,29). The largest absolute Gasteiger partial charge is 0.355 e. The van der Waals surface area contributed by atoms with Crippen LogP contribution in [0.25, 0.3) is 0 Å². The second-order valence-corrected chi connectivity index (χ2v) is 7.47. The van der Waals surface area contributed by atoms with Crippen molar-refractivity contribution in [1.82, 2.24) is 4.98 Å². The maximum Gasteiger partial charge on any atom is 0.271 e. The second kappa shape index (κ2) is 8.43. The number of nitrogens with one attached hydrogen (secondary N) is 1. The third kappa shape index (κ3) is 4.29. The fourth-order valence-corrected chi connectivity index (χ4v) is 3.72. The molecular formula is C22H25N5O2. The number of carbonyl (C=O) groups excluding carboxylic acids is 2. The van der Waals surface area contributed by atoms with E-state index in [1.165, 1.54) is 11.4 Å². The van der Waals surface area contributed by atoms with Crippen molar-refractivity contribution in [2.24, 2.45) is 5.10 Å². The number of pyridine rings is 1. The quantitative estimate of drug-likeness (QED) is 0.865. The highest BCUT2D eigenvalue weighted by molar-refractivity contribution is 6.44. The highest BCUT2D eigenvalue weighted by atomic mass is 16.2. The molecule has 1 fully saturated rings. The Hall–Kier alpha value is -3.22. The Morgan fingerprint density at radius 1 is 1.07 bits per heavy atom. The van der Waals surface area contributed by atoms with Crippen LogP contribution in [0, 0.1) is 6.92 Å². The van der Waals surface area contributed by atoms with Gasteiger partial charge in [-0.25, -0.2) is 9.99 Å². The highest BCUT2D eigenvalue weighted by Gasteiger charge is 2.26. The van der Waals surface area contributed by atoms with E-state index in [0.29, 0.717) is 23.5 Å². The summed E-state index contributed by atoms with van der Waals surface area (Å²) in [6.45, 7) is 3.84. The van der Waals surface area contributed by atoms with Gasteiger partial charge in [0.05, 0.1) is 11.4 Å². The molecule has 2 aliphatic rings. The molecule has 7 nitrogen and oxygen atoms in total. The van der Waals surface area contributed by atoms with Gasteiger partial charge in [-0.15, -0.1) is 0 Å². The molecule has 1 N–H and O–H groups in total. The number of hydrogen-bond donors (Lipinski definition) is 1. The third-order valence-electron chi connectivity index (χ3n) is 5.23. The van der Waals surface area contributed by atoms with Crippen molar-refractivity contribution in [2.45, 2.75) is 39.0 Å². The molecule has 1 aromatic carbocycles. The number of nitrogens with zero attached hydrogens (tertiary/aromatic N) is 4. The summed E-state index contributed by atoms with van der Waals surface area (Å²) in [4.78, 5) is 32.0. The van der Waals surface area contributed by atoms with Gasteiger partial charge in [-0.3, -0.25) is 9.59 Å². The minimum absolute atomic E-state index is 0.109. The zero-order chi connectivity index (χ0) is 20.2. The molecule has 0 atom stereocenters. The van der Waals surface area contributed by atoms with E-state index in [1.54, 1.807) is 6.20 Å². The van der Waals surface area contributed by atoms with Gasteiger partial charge in [0.2, 0.25) is 5.91 Å². The Kier molecular flexibility index (Phi) is 5.55. The van der Waals surface area contributed by atoms with Gasteiger partial charge in [-0.05, 0) is 56.0 Å². The molecule has 150 valence electrons. The lowest BCUT2D eigenvalue weighted by Crippen LogP contribution is -2.37. The number of aryl methyl sites for hydroxylation is 1. The van der Waals surface area contributed by atoms with E-state index in [4.69, 9.17) is 0 Å². The van der Waals surface area contributed by atoms with Crippen LogP contribution in [0.2, 0.25) is 0 Å². The van der Waals surface area contributed by atoms with E-state index in [0.717, 1.165) is 37.3 Å². The van der Waals surface area contributed by atoms with E-state index in [2.05, 4.69) is 20.3 Å². The number of rotatable bonds is 4. The summed E-state index contributed by atoms with van der Waals surface area (Å²) in [5, 5.41) is 8.66. The molecule has 3 heterocycles. The molecule has 0 radical (unpaired) electrons. The number of carbonyl (C=O) groups is 2. The molecule has 0 saturated carbocycles. The molecule has 1 aromatic heterocycles. The van der Waals surface area contributed by atoms with Crippen molar-refractivity contribution >= 4 is 34.7 Å². The number of amides is 2. The summed E-state index contributed by atoms with van der Waals surface area (Å²) in [5.41, 5.74) is 2.74. The van der Waals surface area contributed by atoms with Gasteiger partial charge in [-0.2, -0.15) is 5.10 Å². The first-order valence-electron chi connectivity index (χ1n) is 10.1. The van der Waals surface area contributed by atoms with Crippen molar-refractivity contribution in [1.29, 1.82) is 0 Å². The van der Waals surface area contributed by atoms with Crippen LogP contribution in [0.1, 0.15) is 37.7 Å². The van der Waals surface area contributed by atoms with Crippen molar-refractivity contribution in [3.63, 3.8) is 0 Å². The second-order valence-electron chi connectivity index (χ2n) is 7.47. The summed E-state index contributed by atoms with van der Waals surface area (Å²) in [7, 11) is 0. The number of piperidine rings is 1. The number of benzene rings is 1. The van der Waals surface area contributed by atoms with Gasteiger partial charge < -0.3 is 10.2 Å². The lowest BCUT2D eigenvalue weighted by Gasteiger charge is -2.29. The molecule has 4 rings (SSSR count). The van der Waals surface area contributed by atoms with Crippen LogP contribution in [0.5, 0.6) is 0 Å². The van der Waals surface area contributed by atoms with Gasteiger partial charge in [-0.1, -0.05) is 12.1 Å². The molecule has 0 spiro atoms. The van der Waals surface area contributed by atoms with Crippen LogP contribution in [0.4, 0.5) is 17.2 Å². The number of hydrogen-bond acceptors (Lipinski definition) is 5. The van der Waals surface area contributed by atoms with Crippen LogP contribution >= 0.6 is 0 Å². The number of hydrazone groups is 1. The van der Waals surface area contributed by atoms with E-state index in [9.17, 15) is 9.59 Å². The summed E-state index contributed by atoms with van der Waals surface area (Å²) in [6.07, 6.45) is 5.81. The Balaban J connectivity index is 1.55. The summed E-state index contributed by atoms with van der Waals surface area (Å²) < 4.78 is 0. The molecule has 0 unspecified atom stereocenters. The first kappa shape index (κ1) is 19.1. The lowest BCUT2D eigenvalue weighted by molar-refractivity contribution is -0.118. The van der Waals surface area contributed by atoms with Crippen LogP contribution in [-0.2, 0) is 9.59 Å². The van der Waals surface area contributed by atoms with Crippen molar-refractivity contribution in [2.75, 3.05) is 28.3 Å².